The van der Waals surface area contributed by atoms with Crippen LogP contribution in [-0.4, -0.2) is 46.6 Å². The number of thioether (sulfide) groups is 1. The number of ether oxygens (including phenoxy) is 2. The van der Waals surface area contributed by atoms with Crippen molar-refractivity contribution in [3.8, 4) is 11.5 Å². The molecule has 0 aliphatic carbocycles. The molecule has 0 aliphatic heterocycles. The number of nitrogens with one attached hydrogen (secondary N) is 2. The van der Waals surface area contributed by atoms with Gasteiger partial charge >= 0.3 is 0 Å². The van der Waals surface area contributed by atoms with Gasteiger partial charge in [-0.1, -0.05) is 30.0 Å². The number of halogens is 1. The minimum absolute atomic E-state index is 0.0346. The first-order chi connectivity index (χ1) is 16.9. The number of hydrogen-bond acceptors (Lipinski definition) is 7. The van der Waals surface area contributed by atoms with Crippen molar-refractivity contribution in [2.75, 3.05) is 25.3 Å². The second kappa shape index (κ2) is 12.6. The average molecular weight is 500 g/mol. The molecule has 9 nitrogen and oxygen atoms in total. The molecule has 2 aromatic carbocycles. The second-order valence-corrected chi connectivity index (χ2v) is 8.07. The highest BCUT2D eigenvalue weighted by Gasteiger charge is 2.14. The van der Waals surface area contributed by atoms with E-state index < -0.39 is 5.82 Å². The molecule has 3 aromatic rings. The van der Waals surface area contributed by atoms with Crippen LogP contribution in [0.25, 0.3) is 6.08 Å². The summed E-state index contributed by atoms with van der Waals surface area (Å²) < 4.78 is 26.0. The van der Waals surface area contributed by atoms with Crippen molar-refractivity contribution in [2.45, 2.75) is 25.2 Å². The summed E-state index contributed by atoms with van der Waals surface area (Å²) in [4.78, 5) is 24.5. The highest BCUT2D eigenvalue weighted by Crippen LogP contribution is 2.28. The van der Waals surface area contributed by atoms with Crippen molar-refractivity contribution in [2.24, 2.45) is 0 Å². The average Bonchev–Trinajstić information content (AvgIpc) is 3.27. The number of carbonyl (C=O) groups excluding carboxylic acids is 2. The smallest absolute Gasteiger partial charge is 0.244 e. The zero-order valence-electron chi connectivity index (χ0n) is 19.6. The maximum atomic E-state index is 13.7. The Morgan fingerprint density at radius 2 is 1.89 bits per heavy atom. The summed E-state index contributed by atoms with van der Waals surface area (Å²) >= 11 is 1.18. The molecule has 1 aromatic heterocycles. The van der Waals surface area contributed by atoms with E-state index in [2.05, 4.69) is 20.8 Å². The zero-order chi connectivity index (χ0) is 25.2. The fourth-order valence-corrected chi connectivity index (χ4v) is 3.93. The van der Waals surface area contributed by atoms with E-state index in [1.165, 1.54) is 30.0 Å². The molecule has 0 spiro atoms. The standard InChI is InChI=1S/C24H26FN5O4S/c1-4-30-21(14-26-22(31)12-10-16-9-11-19(33-2)20(13-16)34-3)28-29-24(30)35-15-23(32)27-18-8-6-5-7-17(18)25/h5-13H,4,14-15H2,1-3H3,(H,26,31)(H,27,32). The Morgan fingerprint density at radius 1 is 1.11 bits per heavy atom. The summed E-state index contributed by atoms with van der Waals surface area (Å²) in [6, 6.07) is 11.3. The lowest BCUT2D eigenvalue weighted by Crippen LogP contribution is -2.22. The number of nitrogens with zero attached hydrogens (tertiary/aromatic N) is 3. The summed E-state index contributed by atoms with van der Waals surface area (Å²) in [6.45, 7) is 2.63. The molecule has 0 unspecified atom stereocenters. The van der Waals surface area contributed by atoms with E-state index in [1.807, 2.05) is 13.0 Å². The first-order valence-electron chi connectivity index (χ1n) is 10.7. The summed E-state index contributed by atoms with van der Waals surface area (Å²) in [5.41, 5.74) is 0.904. The molecule has 0 bridgehead atoms. The summed E-state index contributed by atoms with van der Waals surface area (Å²) in [5, 5.41) is 14.1. The molecule has 35 heavy (non-hydrogen) atoms. The van der Waals surface area contributed by atoms with Crippen LogP contribution < -0.4 is 20.1 Å². The van der Waals surface area contributed by atoms with Crippen molar-refractivity contribution < 1.29 is 23.5 Å². The zero-order valence-corrected chi connectivity index (χ0v) is 20.4. The van der Waals surface area contributed by atoms with Gasteiger partial charge in [0.15, 0.2) is 22.5 Å². The van der Waals surface area contributed by atoms with E-state index in [0.29, 0.717) is 29.0 Å². The topological polar surface area (TPSA) is 107 Å². The van der Waals surface area contributed by atoms with Gasteiger partial charge in [-0.25, -0.2) is 4.39 Å². The maximum Gasteiger partial charge on any atom is 0.244 e. The van der Waals surface area contributed by atoms with Crippen molar-refractivity contribution in [1.82, 2.24) is 20.1 Å². The van der Waals surface area contributed by atoms with Crippen LogP contribution in [0, 0.1) is 5.82 Å². The largest absolute Gasteiger partial charge is 0.493 e. The third kappa shape index (κ3) is 7.06. The summed E-state index contributed by atoms with van der Waals surface area (Å²) in [6.07, 6.45) is 3.08. The minimum atomic E-state index is -0.499. The highest BCUT2D eigenvalue weighted by atomic mass is 32.2. The van der Waals surface area contributed by atoms with Gasteiger partial charge in [0.1, 0.15) is 5.82 Å². The molecule has 2 amide bonds. The number of methoxy groups -OCH3 is 2. The Hall–Kier alpha value is -3.86. The number of carbonyl (C=O) groups is 2. The number of hydrogen-bond donors (Lipinski definition) is 2. The normalized spacial score (nSPS) is 10.9. The Balaban J connectivity index is 1.54. The molecule has 0 aliphatic rings. The lowest BCUT2D eigenvalue weighted by Gasteiger charge is -2.09. The minimum Gasteiger partial charge on any atom is -0.493 e. The SMILES string of the molecule is CCn1c(CNC(=O)C=Cc2ccc(OC)c(OC)c2)nnc1SCC(=O)Nc1ccccc1F. The van der Waals surface area contributed by atoms with Crippen LogP contribution in [0.1, 0.15) is 18.3 Å². The van der Waals surface area contributed by atoms with E-state index in [-0.39, 0.29) is 29.8 Å². The molecule has 0 atom stereocenters. The third-order valence-corrected chi connectivity index (χ3v) is 5.81. The number of anilines is 1. The van der Waals surface area contributed by atoms with Gasteiger partial charge in [0, 0.05) is 12.6 Å². The molecule has 0 saturated carbocycles. The van der Waals surface area contributed by atoms with E-state index in [9.17, 15) is 14.0 Å². The number of amides is 2. The molecular formula is C24H26FN5O4S. The van der Waals surface area contributed by atoms with E-state index in [4.69, 9.17) is 9.47 Å². The van der Waals surface area contributed by atoms with Crippen molar-refractivity contribution >= 4 is 35.3 Å². The molecule has 11 heteroatoms. The predicted molar refractivity (Wildman–Crippen MR) is 132 cm³/mol. The van der Waals surface area contributed by atoms with Crippen LogP contribution in [0.15, 0.2) is 53.7 Å². The molecule has 0 saturated heterocycles. The maximum absolute atomic E-state index is 13.7. The van der Waals surface area contributed by atoms with Crippen LogP contribution in [0.4, 0.5) is 10.1 Å². The van der Waals surface area contributed by atoms with Crippen LogP contribution in [0.5, 0.6) is 11.5 Å². The summed E-state index contributed by atoms with van der Waals surface area (Å²) in [5.74, 6) is 0.598. The molecule has 184 valence electrons. The van der Waals surface area contributed by atoms with Crippen LogP contribution in [0.2, 0.25) is 0 Å². The number of benzene rings is 2. The van der Waals surface area contributed by atoms with Gasteiger partial charge in [0.2, 0.25) is 11.8 Å². The lowest BCUT2D eigenvalue weighted by molar-refractivity contribution is -0.116. The number of para-hydroxylation sites is 1. The molecule has 0 fully saturated rings. The van der Waals surface area contributed by atoms with Gasteiger partial charge in [-0.05, 0) is 42.8 Å². The van der Waals surface area contributed by atoms with Gasteiger partial charge in [-0.2, -0.15) is 0 Å². The second-order valence-electron chi connectivity index (χ2n) is 7.13. The van der Waals surface area contributed by atoms with E-state index >= 15 is 0 Å². The Bertz CT molecular complexity index is 1210. The number of rotatable bonds is 11. The lowest BCUT2D eigenvalue weighted by atomic mass is 10.2. The Morgan fingerprint density at radius 3 is 2.60 bits per heavy atom. The van der Waals surface area contributed by atoms with Crippen molar-refractivity contribution in [1.29, 1.82) is 0 Å². The third-order valence-electron chi connectivity index (χ3n) is 4.85. The predicted octanol–water partition coefficient (Wildman–Crippen LogP) is 3.51. The van der Waals surface area contributed by atoms with Gasteiger partial charge in [0.25, 0.3) is 0 Å². The monoisotopic (exact) mass is 499 g/mol. The van der Waals surface area contributed by atoms with Crippen LogP contribution in [-0.2, 0) is 22.7 Å². The fourth-order valence-electron chi connectivity index (χ4n) is 3.11. The highest BCUT2D eigenvalue weighted by molar-refractivity contribution is 7.99. The van der Waals surface area contributed by atoms with E-state index in [1.54, 1.807) is 49.1 Å². The fraction of sp³-hybridized carbons (Fsp3) is 0.250. The Kier molecular flexibility index (Phi) is 9.24. The van der Waals surface area contributed by atoms with E-state index in [0.717, 1.165) is 5.56 Å². The Labute approximate surface area is 206 Å². The number of aromatic nitrogens is 3. The molecular weight excluding hydrogens is 473 g/mol. The quantitative estimate of drug-likeness (QED) is 0.307. The molecule has 1 heterocycles. The van der Waals surface area contributed by atoms with Crippen molar-refractivity contribution in [3.63, 3.8) is 0 Å². The van der Waals surface area contributed by atoms with Gasteiger partial charge < -0.3 is 24.7 Å². The molecule has 3 rings (SSSR count). The van der Waals surface area contributed by atoms with Gasteiger partial charge in [-0.3, -0.25) is 9.59 Å². The molecule has 2 N–H and O–H groups in total. The first-order valence-corrected chi connectivity index (χ1v) is 11.7. The van der Waals surface area contributed by atoms with Gasteiger partial charge in [0.05, 0.1) is 32.2 Å². The van der Waals surface area contributed by atoms with Crippen molar-refractivity contribution in [3.05, 3.63) is 65.7 Å². The summed E-state index contributed by atoms with van der Waals surface area (Å²) in [7, 11) is 3.10. The van der Waals surface area contributed by atoms with Crippen LogP contribution >= 0.6 is 11.8 Å². The van der Waals surface area contributed by atoms with Gasteiger partial charge in [-0.15, -0.1) is 10.2 Å². The first kappa shape index (κ1) is 25.8. The van der Waals surface area contributed by atoms with Crippen LogP contribution in [0.3, 0.4) is 0 Å². The molecule has 0 radical (unpaired) electrons.